The molecule has 0 N–H and O–H groups in total. The van der Waals surface area contributed by atoms with Gasteiger partial charge in [-0.25, -0.2) is 22.4 Å². The van der Waals surface area contributed by atoms with E-state index in [4.69, 9.17) is 9.47 Å². The van der Waals surface area contributed by atoms with Crippen LogP contribution in [0.15, 0.2) is 36.4 Å². The average Bonchev–Trinajstić information content (AvgIpc) is 2.95. The fraction of sp³-hybridized carbons (Fsp3) is 0.387. The standard InChI is InChI=1S/C31H30F6O3/c1-3-4-5-16-39-23-14-15-24(30(37)29(23)36)40-31(38)22-13-12-21(27(34)28(22)35)19-9-7-18(8-10-19)20-11-6-17(2)25(32)26(20)33/h6,11-15,18-19H,3-5,7-10,16H2,1-2H3. The van der Waals surface area contributed by atoms with Crippen molar-refractivity contribution in [3.8, 4) is 11.5 Å². The van der Waals surface area contributed by atoms with Gasteiger partial charge in [0, 0.05) is 0 Å². The topological polar surface area (TPSA) is 35.5 Å². The predicted molar refractivity (Wildman–Crippen MR) is 138 cm³/mol. The van der Waals surface area contributed by atoms with Crippen LogP contribution in [-0.2, 0) is 0 Å². The summed E-state index contributed by atoms with van der Waals surface area (Å²) in [5.41, 5.74) is -0.245. The van der Waals surface area contributed by atoms with E-state index in [1.807, 2.05) is 6.92 Å². The molecule has 0 heterocycles. The Labute approximate surface area is 229 Å². The van der Waals surface area contributed by atoms with Crippen molar-refractivity contribution in [2.75, 3.05) is 6.61 Å². The second kappa shape index (κ2) is 12.8. The zero-order valence-electron chi connectivity index (χ0n) is 22.3. The number of halogens is 6. The summed E-state index contributed by atoms with van der Waals surface area (Å²) in [4.78, 5) is 12.5. The van der Waals surface area contributed by atoms with E-state index in [0.29, 0.717) is 32.1 Å². The number of carbonyl (C=O) groups is 1. The number of esters is 1. The van der Waals surface area contributed by atoms with Crippen LogP contribution in [0.5, 0.6) is 11.5 Å². The van der Waals surface area contributed by atoms with Gasteiger partial charge < -0.3 is 9.47 Å². The van der Waals surface area contributed by atoms with Crippen LogP contribution in [0.3, 0.4) is 0 Å². The fourth-order valence-electron chi connectivity index (χ4n) is 5.12. The van der Waals surface area contributed by atoms with Crippen LogP contribution in [0.2, 0.25) is 0 Å². The van der Waals surface area contributed by atoms with Crippen LogP contribution in [0.4, 0.5) is 26.3 Å². The van der Waals surface area contributed by atoms with Gasteiger partial charge in [-0.1, -0.05) is 38.0 Å². The first kappa shape index (κ1) is 29.5. The molecule has 3 aromatic carbocycles. The van der Waals surface area contributed by atoms with Gasteiger partial charge in [0.1, 0.15) is 0 Å². The molecule has 0 amide bonds. The number of rotatable bonds is 9. The van der Waals surface area contributed by atoms with Crippen LogP contribution in [0, 0.1) is 41.8 Å². The van der Waals surface area contributed by atoms with Crippen molar-refractivity contribution >= 4 is 5.97 Å². The quantitative estimate of drug-likeness (QED) is 0.113. The van der Waals surface area contributed by atoms with Gasteiger partial charge >= 0.3 is 5.97 Å². The van der Waals surface area contributed by atoms with Crippen LogP contribution >= 0.6 is 0 Å². The molecule has 1 fully saturated rings. The molecule has 0 bridgehead atoms. The minimum absolute atomic E-state index is 0.0462. The lowest BCUT2D eigenvalue weighted by atomic mass is 9.75. The zero-order chi connectivity index (χ0) is 29.0. The summed E-state index contributed by atoms with van der Waals surface area (Å²) in [5, 5.41) is 0. The van der Waals surface area contributed by atoms with E-state index in [2.05, 4.69) is 0 Å². The van der Waals surface area contributed by atoms with Crippen LogP contribution in [0.25, 0.3) is 0 Å². The molecule has 0 unspecified atom stereocenters. The van der Waals surface area contributed by atoms with E-state index in [-0.39, 0.29) is 35.0 Å². The summed E-state index contributed by atoms with van der Waals surface area (Å²) < 4.78 is 97.3. The molecule has 0 radical (unpaired) electrons. The molecule has 1 aliphatic carbocycles. The van der Waals surface area contributed by atoms with Crippen molar-refractivity contribution in [2.24, 2.45) is 0 Å². The molecule has 3 aromatic rings. The number of aryl methyl sites for hydroxylation is 1. The summed E-state index contributed by atoms with van der Waals surface area (Å²) >= 11 is 0. The third-order valence-corrected chi connectivity index (χ3v) is 7.46. The second-order valence-electron chi connectivity index (χ2n) is 10.1. The Balaban J connectivity index is 1.43. The summed E-state index contributed by atoms with van der Waals surface area (Å²) in [7, 11) is 0. The van der Waals surface area contributed by atoms with Gasteiger partial charge in [-0.15, -0.1) is 0 Å². The molecule has 0 atom stereocenters. The molecule has 214 valence electrons. The molecule has 0 aromatic heterocycles. The normalized spacial score (nSPS) is 17.1. The fourth-order valence-corrected chi connectivity index (χ4v) is 5.12. The third kappa shape index (κ3) is 6.13. The second-order valence-corrected chi connectivity index (χ2v) is 10.1. The number of hydrogen-bond acceptors (Lipinski definition) is 3. The third-order valence-electron chi connectivity index (χ3n) is 7.46. The Morgan fingerprint density at radius 3 is 1.88 bits per heavy atom. The average molecular weight is 565 g/mol. The Kier molecular flexibility index (Phi) is 9.43. The molecule has 1 saturated carbocycles. The van der Waals surface area contributed by atoms with Crippen molar-refractivity contribution in [1.29, 1.82) is 0 Å². The first-order valence-corrected chi connectivity index (χ1v) is 13.4. The lowest BCUT2D eigenvalue weighted by molar-refractivity contribution is 0.0720. The maximum Gasteiger partial charge on any atom is 0.346 e. The number of unbranched alkanes of at least 4 members (excludes halogenated alkanes) is 2. The molecule has 0 aliphatic heterocycles. The van der Waals surface area contributed by atoms with Gasteiger partial charge in [-0.2, -0.15) is 8.78 Å². The number of ether oxygens (including phenoxy) is 2. The molecular formula is C31H30F6O3. The van der Waals surface area contributed by atoms with E-state index in [1.54, 1.807) is 6.07 Å². The van der Waals surface area contributed by atoms with Crippen molar-refractivity contribution < 1.29 is 40.6 Å². The highest BCUT2D eigenvalue weighted by atomic mass is 19.2. The first-order chi connectivity index (χ1) is 19.1. The minimum Gasteiger partial charge on any atom is -0.490 e. The molecular weight excluding hydrogens is 534 g/mol. The van der Waals surface area contributed by atoms with Gasteiger partial charge in [0.2, 0.25) is 11.6 Å². The number of benzene rings is 3. The molecule has 4 rings (SSSR count). The molecule has 0 spiro atoms. The molecule has 40 heavy (non-hydrogen) atoms. The van der Waals surface area contributed by atoms with E-state index in [0.717, 1.165) is 31.0 Å². The lowest BCUT2D eigenvalue weighted by Gasteiger charge is -2.29. The summed E-state index contributed by atoms with van der Waals surface area (Å²) in [6.07, 6.45) is 4.12. The molecule has 9 heteroatoms. The van der Waals surface area contributed by atoms with Crippen LogP contribution in [-0.4, -0.2) is 12.6 Å². The largest absolute Gasteiger partial charge is 0.490 e. The van der Waals surface area contributed by atoms with Crippen molar-refractivity contribution in [3.63, 3.8) is 0 Å². The molecule has 3 nitrogen and oxygen atoms in total. The summed E-state index contributed by atoms with van der Waals surface area (Å²) in [6, 6.07) is 7.45. The maximum atomic E-state index is 15.1. The Morgan fingerprint density at radius 1 is 0.700 bits per heavy atom. The highest BCUT2D eigenvalue weighted by Gasteiger charge is 2.30. The minimum atomic E-state index is -1.49. The van der Waals surface area contributed by atoms with Gasteiger partial charge in [0.15, 0.2) is 34.8 Å². The van der Waals surface area contributed by atoms with Gasteiger partial charge in [-0.3, -0.25) is 0 Å². The van der Waals surface area contributed by atoms with E-state index in [1.165, 1.54) is 19.1 Å². The number of carbonyl (C=O) groups excluding carboxylic acids is 1. The smallest absolute Gasteiger partial charge is 0.346 e. The monoisotopic (exact) mass is 564 g/mol. The predicted octanol–water partition coefficient (Wildman–Crippen LogP) is 9.06. The van der Waals surface area contributed by atoms with E-state index < -0.39 is 58.1 Å². The zero-order valence-corrected chi connectivity index (χ0v) is 22.3. The summed E-state index contributed by atoms with van der Waals surface area (Å²) in [6.45, 7) is 3.64. The molecule has 0 saturated heterocycles. The van der Waals surface area contributed by atoms with Gasteiger partial charge in [0.05, 0.1) is 12.2 Å². The van der Waals surface area contributed by atoms with Gasteiger partial charge in [0.25, 0.3) is 0 Å². The lowest BCUT2D eigenvalue weighted by Crippen LogP contribution is -2.17. The van der Waals surface area contributed by atoms with E-state index >= 15 is 4.39 Å². The Morgan fingerprint density at radius 2 is 1.25 bits per heavy atom. The first-order valence-electron chi connectivity index (χ1n) is 13.4. The maximum absolute atomic E-state index is 15.1. The van der Waals surface area contributed by atoms with Gasteiger partial charge in [-0.05, 0) is 85.8 Å². The Bertz CT molecular complexity index is 1380. The summed E-state index contributed by atoms with van der Waals surface area (Å²) in [5.74, 6) is -10.5. The van der Waals surface area contributed by atoms with Crippen molar-refractivity contribution in [3.05, 3.63) is 93.6 Å². The van der Waals surface area contributed by atoms with Crippen molar-refractivity contribution in [1.82, 2.24) is 0 Å². The van der Waals surface area contributed by atoms with Crippen LogP contribution < -0.4 is 9.47 Å². The molecule has 1 aliphatic rings. The Hall–Kier alpha value is -3.49. The SMILES string of the molecule is CCCCCOc1ccc(OC(=O)c2ccc(C3CCC(c4ccc(C)c(F)c4F)CC3)c(F)c2F)c(F)c1F. The highest BCUT2D eigenvalue weighted by Crippen LogP contribution is 2.42. The van der Waals surface area contributed by atoms with Crippen molar-refractivity contribution in [2.45, 2.75) is 70.6 Å². The highest BCUT2D eigenvalue weighted by molar-refractivity contribution is 5.91. The van der Waals surface area contributed by atoms with E-state index in [9.17, 15) is 26.7 Å². The number of hydrogen-bond donors (Lipinski definition) is 0. The van der Waals surface area contributed by atoms with Crippen LogP contribution in [0.1, 0.15) is 90.8 Å².